The third kappa shape index (κ3) is 2.72. The van der Waals surface area contributed by atoms with Crippen LogP contribution in [-0.2, 0) is 4.74 Å². The summed E-state index contributed by atoms with van der Waals surface area (Å²) in [6, 6.07) is 6.29. The van der Waals surface area contributed by atoms with E-state index in [1.807, 2.05) is 0 Å². The number of para-hydroxylation sites is 1. The van der Waals surface area contributed by atoms with Crippen LogP contribution in [0.2, 0.25) is 0 Å². The van der Waals surface area contributed by atoms with Crippen LogP contribution in [0.3, 0.4) is 0 Å². The van der Waals surface area contributed by atoms with Crippen molar-refractivity contribution in [1.29, 1.82) is 0 Å². The molecule has 0 aliphatic heterocycles. The van der Waals surface area contributed by atoms with Crippen LogP contribution in [0.5, 0.6) is 0 Å². The highest BCUT2D eigenvalue weighted by molar-refractivity contribution is 5.92. The Morgan fingerprint density at radius 1 is 1.48 bits per heavy atom. The number of hydrogen-bond donors (Lipinski definition) is 0. The Kier molecular flexibility index (Phi) is 3.96. The van der Waals surface area contributed by atoms with Gasteiger partial charge in [0.15, 0.2) is 5.69 Å². The molecule has 0 unspecified atom stereocenters. The molecule has 1 aromatic carbocycles. The summed E-state index contributed by atoms with van der Waals surface area (Å²) in [6.45, 7) is 0. The molecule has 0 amide bonds. The summed E-state index contributed by atoms with van der Waals surface area (Å²) in [4.78, 5) is 26.0. The van der Waals surface area contributed by atoms with Crippen molar-refractivity contribution in [3.63, 3.8) is 0 Å². The van der Waals surface area contributed by atoms with Crippen molar-refractivity contribution in [2.75, 3.05) is 7.11 Å². The second kappa shape index (κ2) is 5.85. The summed E-state index contributed by atoms with van der Waals surface area (Å²) in [7, 11) is 1.10. The van der Waals surface area contributed by atoms with Crippen LogP contribution in [0.15, 0.2) is 40.2 Å². The zero-order chi connectivity index (χ0) is 15.4. The van der Waals surface area contributed by atoms with Crippen LogP contribution >= 0.6 is 0 Å². The normalized spacial score (nSPS) is 9.81. The van der Waals surface area contributed by atoms with Gasteiger partial charge in [-0.2, -0.15) is 9.78 Å². The summed E-state index contributed by atoms with van der Waals surface area (Å²) < 4.78 is 18.9. The summed E-state index contributed by atoms with van der Waals surface area (Å²) in [5.41, 5.74) is 6.86. The molecule has 0 saturated heterocycles. The maximum atomic E-state index is 13.7. The summed E-state index contributed by atoms with van der Waals surface area (Å²) >= 11 is 0. The Morgan fingerprint density at radius 2 is 2.19 bits per heavy atom. The van der Waals surface area contributed by atoms with Crippen LogP contribution in [-0.4, -0.2) is 22.9 Å². The molecular weight excluding hydrogens is 281 g/mol. The first kappa shape index (κ1) is 14.2. The number of hydrogen-bond acceptors (Lipinski definition) is 5. The van der Waals surface area contributed by atoms with Crippen molar-refractivity contribution in [2.24, 2.45) is 5.11 Å². The SMILES string of the molecule is COC(=O)c1nn(-c2ccccc2F)c(=O)cc1N=[N+]=[N-]. The molecule has 0 saturated carbocycles. The predicted molar refractivity (Wildman–Crippen MR) is 69.9 cm³/mol. The van der Waals surface area contributed by atoms with Crippen LogP contribution in [0, 0.1) is 5.82 Å². The Bertz CT molecular complexity index is 811. The number of esters is 1. The topological polar surface area (TPSA) is 110 Å². The maximum absolute atomic E-state index is 13.7. The van der Waals surface area contributed by atoms with Crippen LogP contribution in [0.4, 0.5) is 10.1 Å². The number of halogens is 1. The van der Waals surface area contributed by atoms with E-state index in [9.17, 15) is 14.0 Å². The molecule has 0 aliphatic rings. The van der Waals surface area contributed by atoms with E-state index < -0.39 is 23.0 Å². The van der Waals surface area contributed by atoms with Crippen LogP contribution < -0.4 is 5.56 Å². The van der Waals surface area contributed by atoms with Gasteiger partial charge in [0.25, 0.3) is 5.56 Å². The number of benzene rings is 1. The molecule has 21 heavy (non-hydrogen) atoms. The van der Waals surface area contributed by atoms with Gasteiger partial charge in [0.1, 0.15) is 11.5 Å². The lowest BCUT2D eigenvalue weighted by Gasteiger charge is -2.08. The van der Waals surface area contributed by atoms with Gasteiger partial charge < -0.3 is 4.74 Å². The van der Waals surface area contributed by atoms with E-state index in [0.717, 1.165) is 19.2 Å². The number of aromatic nitrogens is 2. The van der Waals surface area contributed by atoms with Crippen molar-refractivity contribution < 1.29 is 13.9 Å². The van der Waals surface area contributed by atoms with Crippen LogP contribution in [0.1, 0.15) is 10.5 Å². The third-order valence-electron chi connectivity index (χ3n) is 2.52. The molecule has 9 heteroatoms. The number of carbonyl (C=O) groups is 1. The molecule has 0 aliphatic carbocycles. The predicted octanol–water partition coefficient (Wildman–Crippen LogP) is 2.10. The van der Waals surface area contributed by atoms with Gasteiger partial charge in [-0.15, -0.1) is 0 Å². The highest BCUT2D eigenvalue weighted by Crippen LogP contribution is 2.17. The average molecular weight is 289 g/mol. The summed E-state index contributed by atoms with van der Waals surface area (Å²) in [5, 5.41) is 6.92. The largest absolute Gasteiger partial charge is 0.464 e. The number of nitrogens with zero attached hydrogens (tertiary/aromatic N) is 5. The fourth-order valence-electron chi connectivity index (χ4n) is 1.61. The van der Waals surface area contributed by atoms with E-state index in [2.05, 4.69) is 19.9 Å². The van der Waals surface area contributed by atoms with Crippen molar-refractivity contribution in [3.8, 4) is 5.69 Å². The molecule has 0 atom stereocenters. The second-order valence-electron chi connectivity index (χ2n) is 3.76. The fourth-order valence-corrected chi connectivity index (χ4v) is 1.61. The molecule has 0 radical (unpaired) electrons. The Hall–Kier alpha value is -3.19. The van der Waals surface area contributed by atoms with E-state index in [0.29, 0.717) is 4.68 Å². The van der Waals surface area contributed by atoms with Gasteiger partial charge in [-0.05, 0) is 17.7 Å². The highest BCUT2D eigenvalue weighted by atomic mass is 19.1. The number of azide groups is 1. The monoisotopic (exact) mass is 289 g/mol. The molecule has 8 nitrogen and oxygen atoms in total. The fraction of sp³-hybridized carbons (Fsp3) is 0.0833. The van der Waals surface area contributed by atoms with Crippen molar-refractivity contribution in [1.82, 2.24) is 9.78 Å². The molecule has 0 spiro atoms. The van der Waals surface area contributed by atoms with Gasteiger partial charge >= 0.3 is 5.97 Å². The first-order chi connectivity index (χ1) is 10.1. The Morgan fingerprint density at radius 3 is 2.81 bits per heavy atom. The second-order valence-corrected chi connectivity index (χ2v) is 3.76. The number of carbonyl (C=O) groups excluding carboxylic acids is 1. The van der Waals surface area contributed by atoms with Gasteiger partial charge in [-0.25, -0.2) is 9.18 Å². The molecule has 2 aromatic rings. The molecule has 2 rings (SSSR count). The molecule has 0 N–H and O–H groups in total. The number of rotatable bonds is 3. The number of methoxy groups -OCH3 is 1. The molecule has 106 valence electrons. The van der Waals surface area contributed by atoms with Crippen molar-refractivity contribution in [3.05, 3.63) is 62.6 Å². The van der Waals surface area contributed by atoms with E-state index >= 15 is 0 Å². The smallest absolute Gasteiger partial charge is 0.359 e. The minimum Gasteiger partial charge on any atom is -0.464 e. The van der Waals surface area contributed by atoms with E-state index in [1.54, 1.807) is 0 Å². The zero-order valence-corrected chi connectivity index (χ0v) is 10.7. The lowest BCUT2D eigenvalue weighted by atomic mass is 10.3. The highest BCUT2D eigenvalue weighted by Gasteiger charge is 2.18. The van der Waals surface area contributed by atoms with E-state index in [4.69, 9.17) is 5.53 Å². The van der Waals surface area contributed by atoms with Gasteiger partial charge in [0.05, 0.1) is 12.8 Å². The molecule has 0 bridgehead atoms. The van der Waals surface area contributed by atoms with Crippen molar-refractivity contribution >= 4 is 11.7 Å². The lowest BCUT2D eigenvalue weighted by molar-refractivity contribution is 0.0593. The molecule has 1 heterocycles. The summed E-state index contributed by atoms with van der Waals surface area (Å²) in [5.74, 6) is -1.61. The van der Waals surface area contributed by atoms with Gasteiger partial charge in [0, 0.05) is 11.0 Å². The average Bonchev–Trinajstić information content (AvgIpc) is 2.48. The van der Waals surface area contributed by atoms with Gasteiger partial charge in [-0.1, -0.05) is 17.2 Å². The quantitative estimate of drug-likeness (QED) is 0.373. The standard InChI is InChI=1S/C12H8FN5O3/c1-21-12(20)11-8(15-17-14)6-10(19)18(16-11)9-5-3-2-4-7(9)13/h2-6H,1H3. The first-order valence-electron chi connectivity index (χ1n) is 5.61. The van der Waals surface area contributed by atoms with E-state index in [-0.39, 0.29) is 11.4 Å². The number of ether oxygens (including phenoxy) is 1. The Labute approximate surface area is 117 Å². The van der Waals surface area contributed by atoms with E-state index in [1.165, 1.54) is 18.2 Å². The van der Waals surface area contributed by atoms with Crippen molar-refractivity contribution in [2.45, 2.75) is 0 Å². The van der Waals surface area contributed by atoms with Gasteiger partial charge in [-0.3, -0.25) is 4.79 Å². The summed E-state index contributed by atoms with van der Waals surface area (Å²) in [6.07, 6.45) is 0. The Balaban J connectivity index is 2.75. The minimum atomic E-state index is -0.914. The first-order valence-corrected chi connectivity index (χ1v) is 5.61. The van der Waals surface area contributed by atoms with Gasteiger partial charge in [0.2, 0.25) is 0 Å². The third-order valence-corrected chi connectivity index (χ3v) is 2.52. The lowest BCUT2D eigenvalue weighted by Crippen LogP contribution is -2.24. The van der Waals surface area contributed by atoms with Crippen LogP contribution in [0.25, 0.3) is 16.1 Å². The zero-order valence-electron chi connectivity index (χ0n) is 10.7. The maximum Gasteiger partial charge on any atom is 0.359 e. The minimum absolute atomic E-state index is 0.139. The molecular formula is C12H8FN5O3. The molecule has 1 aromatic heterocycles. The molecule has 0 fully saturated rings.